The van der Waals surface area contributed by atoms with E-state index >= 15 is 0 Å². The van der Waals surface area contributed by atoms with Crippen molar-refractivity contribution in [3.63, 3.8) is 0 Å². The molecule has 0 radical (unpaired) electrons. The number of nitrogens with one attached hydrogen (secondary N) is 2. The van der Waals surface area contributed by atoms with Crippen LogP contribution in [0, 0.1) is 0 Å². The van der Waals surface area contributed by atoms with Crippen LogP contribution in [0.2, 0.25) is 0 Å². The molecule has 0 aromatic heterocycles. The van der Waals surface area contributed by atoms with Gasteiger partial charge in [-0.1, -0.05) is 13.8 Å². The molecule has 3 N–H and O–H groups in total. The van der Waals surface area contributed by atoms with Crippen LogP contribution in [-0.2, 0) is 9.53 Å². The lowest BCUT2D eigenvalue weighted by atomic mass is 9.95. The molecule has 1 saturated heterocycles. The Morgan fingerprint density at radius 2 is 2.00 bits per heavy atom. The molecule has 6 nitrogen and oxygen atoms in total. The van der Waals surface area contributed by atoms with Crippen LogP contribution in [0.1, 0.15) is 40.0 Å². The number of carboxylic acid groups (broad SMARTS) is 1. The summed E-state index contributed by atoms with van der Waals surface area (Å²) in [5.74, 6) is -1.05. The predicted molar refractivity (Wildman–Crippen MR) is 66.5 cm³/mol. The van der Waals surface area contributed by atoms with Gasteiger partial charge in [-0.15, -0.1) is 0 Å². The van der Waals surface area contributed by atoms with Gasteiger partial charge in [0, 0.05) is 18.6 Å². The fourth-order valence-corrected chi connectivity index (χ4v) is 1.84. The molecule has 0 aromatic carbocycles. The van der Waals surface area contributed by atoms with E-state index in [2.05, 4.69) is 10.6 Å². The van der Waals surface area contributed by atoms with E-state index in [4.69, 9.17) is 4.74 Å². The highest BCUT2D eigenvalue weighted by molar-refractivity contribution is 5.87. The molecule has 0 aromatic rings. The molecule has 1 rings (SSSR count). The first-order chi connectivity index (χ1) is 8.37. The number of hydrogen-bond acceptors (Lipinski definition) is 3. The zero-order valence-corrected chi connectivity index (χ0v) is 11.2. The molecule has 0 spiro atoms. The van der Waals surface area contributed by atoms with Crippen molar-refractivity contribution >= 4 is 12.0 Å². The Bertz CT molecular complexity index is 320. The molecule has 1 unspecified atom stereocenters. The summed E-state index contributed by atoms with van der Waals surface area (Å²) >= 11 is 0. The van der Waals surface area contributed by atoms with Crippen LogP contribution in [0.3, 0.4) is 0 Å². The van der Waals surface area contributed by atoms with E-state index < -0.39 is 17.5 Å². The molecule has 1 atom stereocenters. The quantitative estimate of drug-likeness (QED) is 0.689. The van der Waals surface area contributed by atoms with Crippen LogP contribution < -0.4 is 10.6 Å². The standard InChI is InChI=1S/C12H22N2O4/c1-4-11(3,5-2)13-10(17)14-12(9(15)16)6-7-18-8-12/h4-8H2,1-3H3,(H,15,16)(H2,13,14,17). The minimum atomic E-state index is -1.29. The summed E-state index contributed by atoms with van der Waals surface area (Å²) in [7, 11) is 0. The number of aliphatic carboxylic acids is 1. The fourth-order valence-electron chi connectivity index (χ4n) is 1.84. The van der Waals surface area contributed by atoms with E-state index in [-0.39, 0.29) is 12.1 Å². The first-order valence-electron chi connectivity index (χ1n) is 6.29. The molecule has 0 aliphatic carbocycles. The van der Waals surface area contributed by atoms with E-state index in [1.165, 1.54) is 0 Å². The summed E-state index contributed by atoms with van der Waals surface area (Å²) in [5.41, 5.74) is -1.60. The number of carbonyl (C=O) groups is 2. The fraction of sp³-hybridized carbons (Fsp3) is 0.833. The largest absolute Gasteiger partial charge is 0.479 e. The van der Waals surface area contributed by atoms with Crippen LogP contribution in [0.5, 0.6) is 0 Å². The van der Waals surface area contributed by atoms with Crippen LogP contribution in [0.4, 0.5) is 4.79 Å². The highest BCUT2D eigenvalue weighted by Gasteiger charge is 2.44. The Morgan fingerprint density at radius 3 is 2.39 bits per heavy atom. The van der Waals surface area contributed by atoms with E-state index in [1.54, 1.807) is 0 Å². The second-order valence-corrected chi connectivity index (χ2v) is 5.04. The highest BCUT2D eigenvalue weighted by atomic mass is 16.5. The Morgan fingerprint density at radius 1 is 1.39 bits per heavy atom. The first kappa shape index (κ1) is 14.8. The van der Waals surface area contributed by atoms with Gasteiger partial charge in [0.15, 0.2) is 5.54 Å². The maximum atomic E-state index is 11.9. The van der Waals surface area contributed by atoms with Crippen molar-refractivity contribution in [2.75, 3.05) is 13.2 Å². The third kappa shape index (κ3) is 3.13. The molecule has 2 amide bonds. The summed E-state index contributed by atoms with van der Waals surface area (Å²) in [5, 5.41) is 14.6. The van der Waals surface area contributed by atoms with Crippen LogP contribution in [-0.4, -0.2) is 41.4 Å². The number of amides is 2. The van der Waals surface area contributed by atoms with Gasteiger partial charge < -0.3 is 20.5 Å². The van der Waals surface area contributed by atoms with Crippen LogP contribution in [0.25, 0.3) is 0 Å². The number of hydrogen-bond donors (Lipinski definition) is 3. The number of urea groups is 1. The number of ether oxygens (including phenoxy) is 1. The average molecular weight is 258 g/mol. The molecule has 1 fully saturated rings. The molecule has 6 heteroatoms. The van der Waals surface area contributed by atoms with Gasteiger partial charge in [-0.3, -0.25) is 0 Å². The second-order valence-electron chi connectivity index (χ2n) is 5.04. The molecule has 104 valence electrons. The summed E-state index contributed by atoms with van der Waals surface area (Å²) in [6, 6.07) is -0.450. The smallest absolute Gasteiger partial charge is 0.332 e. The van der Waals surface area contributed by atoms with Crippen molar-refractivity contribution in [1.29, 1.82) is 0 Å². The van der Waals surface area contributed by atoms with Crippen molar-refractivity contribution in [3.05, 3.63) is 0 Å². The monoisotopic (exact) mass is 258 g/mol. The van der Waals surface area contributed by atoms with Crippen LogP contribution >= 0.6 is 0 Å². The van der Waals surface area contributed by atoms with Gasteiger partial charge in [-0.05, 0) is 19.8 Å². The van der Waals surface area contributed by atoms with Crippen molar-refractivity contribution in [2.45, 2.75) is 51.1 Å². The number of carbonyl (C=O) groups excluding carboxylic acids is 1. The maximum Gasteiger partial charge on any atom is 0.332 e. The van der Waals surface area contributed by atoms with Gasteiger partial charge in [0.05, 0.1) is 6.61 Å². The Labute approximate surface area is 107 Å². The molecule has 1 heterocycles. The Kier molecular flexibility index (Phi) is 4.56. The maximum absolute atomic E-state index is 11.9. The zero-order chi connectivity index (χ0) is 13.8. The average Bonchev–Trinajstić information content (AvgIpc) is 2.78. The lowest BCUT2D eigenvalue weighted by molar-refractivity contribution is -0.144. The molecule has 18 heavy (non-hydrogen) atoms. The zero-order valence-electron chi connectivity index (χ0n) is 11.2. The summed E-state index contributed by atoms with van der Waals surface area (Å²) in [6.07, 6.45) is 1.87. The molecular weight excluding hydrogens is 236 g/mol. The molecule has 0 bridgehead atoms. The van der Waals surface area contributed by atoms with E-state index in [1.807, 2.05) is 20.8 Å². The summed E-state index contributed by atoms with van der Waals surface area (Å²) < 4.78 is 5.08. The van der Waals surface area contributed by atoms with Gasteiger partial charge in [-0.25, -0.2) is 9.59 Å². The van der Waals surface area contributed by atoms with Crippen molar-refractivity contribution in [2.24, 2.45) is 0 Å². The Hall–Kier alpha value is -1.30. The normalized spacial score (nSPS) is 23.7. The minimum absolute atomic E-state index is 0.0186. The van der Waals surface area contributed by atoms with Gasteiger partial charge in [0.1, 0.15) is 0 Å². The summed E-state index contributed by atoms with van der Waals surface area (Å²) in [4.78, 5) is 23.1. The topological polar surface area (TPSA) is 87.7 Å². The molecule has 1 aliphatic rings. The third-order valence-corrected chi connectivity index (χ3v) is 3.76. The first-order valence-corrected chi connectivity index (χ1v) is 6.29. The number of rotatable bonds is 5. The summed E-state index contributed by atoms with van der Waals surface area (Å²) in [6.45, 7) is 6.27. The lowest BCUT2D eigenvalue weighted by Gasteiger charge is -2.31. The highest BCUT2D eigenvalue weighted by Crippen LogP contribution is 2.19. The van der Waals surface area contributed by atoms with E-state index in [0.29, 0.717) is 13.0 Å². The van der Waals surface area contributed by atoms with Gasteiger partial charge in [-0.2, -0.15) is 0 Å². The third-order valence-electron chi connectivity index (χ3n) is 3.76. The molecule has 0 saturated carbocycles. The SMILES string of the molecule is CCC(C)(CC)NC(=O)NC1(C(=O)O)CCOC1. The minimum Gasteiger partial charge on any atom is -0.479 e. The van der Waals surface area contributed by atoms with Gasteiger partial charge in [0.25, 0.3) is 0 Å². The molecule has 1 aliphatic heterocycles. The van der Waals surface area contributed by atoms with Crippen molar-refractivity contribution in [3.8, 4) is 0 Å². The predicted octanol–water partition coefficient (Wildman–Crippen LogP) is 1.11. The second kappa shape index (κ2) is 5.56. The van der Waals surface area contributed by atoms with Crippen molar-refractivity contribution < 1.29 is 19.4 Å². The Balaban J connectivity index is 2.66. The molecular formula is C12H22N2O4. The lowest BCUT2D eigenvalue weighted by Crippen LogP contribution is -2.60. The van der Waals surface area contributed by atoms with E-state index in [9.17, 15) is 14.7 Å². The van der Waals surface area contributed by atoms with Gasteiger partial charge >= 0.3 is 12.0 Å². The van der Waals surface area contributed by atoms with Crippen LogP contribution in [0.15, 0.2) is 0 Å². The number of carboxylic acids is 1. The van der Waals surface area contributed by atoms with Gasteiger partial charge in [0.2, 0.25) is 0 Å². The van der Waals surface area contributed by atoms with E-state index in [0.717, 1.165) is 12.8 Å². The van der Waals surface area contributed by atoms with Crippen molar-refractivity contribution in [1.82, 2.24) is 10.6 Å².